The van der Waals surface area contributed by atoms with E-state index in [2.05, 4.69) is 12.2 Å². The summed E-state index contributed by atoms with van der Waals surface area (Å²) in [6.45, 7) is 3.52. The van der Waals surface area contributed by atoms with Crippen LogP contribution in [0, 0.1) is 12.8 Å². The van der Waals surface area contributed by atoms with Crippen molar-refractivity contribution in [2.75, 3.05) is 0 Å². The lowest BCUT2D eigenvalue weighted by Crippen LogP contribution is -2.26. The van der Waals surface area contributed by atoms with Gasteiger partial charge >= 0.3 is 0 Å². The first-order valence-electron chi connectivity index (χ1n) is 5.69. The molecule has 1 fully saturated rings. The highest BCUT2D eigenvalue weighted by Gasteiger charge is 2.37. The van der Waals surface area contributed by atoms with Crippen LogP contribution >= 0.6 is 10.7 Å². The standard InChI is InChI=1S/C11H14ClNO4S/c1-3-7-4-8(7)13-11(14)9-5-10(6(2)17-9)18(12,15)16/h5,7-8H,3-4H2,1-2H3,(H,13,14). The SMILES string of the molecule is CCC1CC1NC(=O)c1cc(S(=O)(=O)Cl)c(C)o1. The third kappa shape index (κ3) is 2.70. The van der Waals surface area contributed by atoms with Crippen LogP contribution in [0.3, 0.4) is 0 Å². The van der Waals surface area contributed by atoms with E-state index in [0.717, 1.165) is 18.9 Å². The van der Waals surface area contributed by atoms with E-state index in [-0.39, 0.29) is 22.5 Å². The van der Waals surface area contributed by atoms with Gasteiger partial charge in [-0.3, -0.25) is 4.79 Å². The molecule has 2 unspecified atom stereocenters. The van der Waals surface area contributed by atoms with Crippen molar-refractivity contribution in [1.29, 1.82) is 0 Å². The fourth-order valence-corrected chi connectivity index (χ4v) is 3.03. The lowest BCUT2D eigenvalue weighted by molar-refractivity contribution is 0.0920. The number of carbonyl (C=O) groups is 1. The molecule has 2 rings (SSSR count). The molecule has 5 nitrogen and oxygen atoms in total. The van der Waals surface area contributed by atoms with Crippen molar-refractivity contribution >= 4 is 25.6 Å². The second-order valence-electron chi connectivity index (χ2n) is 4.45. The third-order valence-electron chi connectivity index (χ3n) is 3.12. The Balaban J connectivity index is 2.13. The number of hydrogen-bond donors (Lipinski definition) is 1. The first-order valence-corrected chi connectivity index (χ1v) is 7.99. The van der Waals surface area contributed by atoms with Gasteiger partial charge in [0.05, 0.1) is 0 Å². The van der Waals surface area contributed by atoms with Gasteiger partial charge in [-0.05, 0) is 19.3 Å². The monoisotopic (exact) mass is 291 g/mol. The highest BCUT2D eigenvalue weighted by molar-refractivity contribution is 8.13. The lowest BCUT2D eigenvalue weighted by atomic mass is 10.3. The summed E-state index contributed by atoms with van der Waals surface area (Å²) in [5, 5.41) is 2.79. The number of aryl methyl sites for hydroxylation is 1. The first-order chi connectivity index (χ1) is 8.32. The molecule has 0 bridgehead atoms. The Morgan fingerprint density at radius 1 is 1.61 bits per heavy atom. The molecule has 1 heterocycles. The minimum atomic E-state index is -3.88. The number of carbonyl (C=O) groups excluding carboxylic acids is 1. The molecule has 1 aliphatic carbocycles. The van der Waals surface area contributed by atoms with E-state index < -0.39 is 15.0 Å². The van der Waals surface area contributed by atoms with Crippen LogP contribution in [0.25, 0.3) is 0 Å². The average molecular weight is 292 g/mol. The zero-order valence-electron chi connectivity index (χ0n) is 10.1. The van der Waals surface area contributed by atoms with Crippen LogP contribution in [-0.2, 0) is 9.05 Å². The largest absolute Gasteiger partial charge is 0.455 e. The number of hydrogen-bond acceptors (Lipinski definition) is 4. The van der Waals surface area contributed by atoms with Gasteiger partial charge in [0.15, 0.2) is 5.76 Å². The van der Waals surface area contributed by atoms with Crippen molar-refractivity contribution in [2.24, 2.45) is 5.92 Å². The molecule has 100 valence electrons. The minimum Gasteiger partial charge on any atom is -0.455 e. The molecule has 1 aromatic heterocycles. The highest BCUT2D eigenvalue weighted by Crippen LogP contribution is 2.33. The second-order valence-corrected chi connectivity index (χ2v) is 6.99. The van der Waals surface area contributed by atoms with Crippen LogP contribution in [0.5, 0.6) is 0 Å². The molecule has 18 heavy (non-hydrogen) atoms. The molecule has 1 saturated carbocycles. The van der Waals surface area contributed by atoms with Crippen molar-refractivity contribution < 1.29 is 17.6 Å². The van der Waals surface area contributed by atoms with Crippen LogP contribution < -0.4 is 5.32 Å². The average Bonchev–Trinajstić information content (AvgIpc) is 2.88. The van der Waals surface area contributed by atoms with Gasteiger partial charge in [0.25, 0.3) is 15.0 Å². The Labute approximate surface area is 110 Å². The molecule has 0 aliphatic heterocycles. The molecule has 0 radical (unpaired) electrons. The zero-order valence-corrected chi connectivity index (χ0v) is 11.6. The highest BCUT2D eigenvalue weighted by atomic mass is 35.7. The second kappa shape index (κ2) is 4.59. The predicted molar refractivity (Wildman–Crippen MR) is 66.1 cm³/mol. The minimum absolute atomic E-state index is 0.0199. The van der Waals surface area contributed by atoms with E-state index in [1.807, 2.05) is 0 Å². The van der Waals surface area contributed by atoms with Gasteiger partial charge in [-0.25, -0.2) is 8.42 Å². The van der Waals surface area contributed by atoms with Gasteiger partial charge in [0, 0.05) is 22.8 Å². The van der Waals surface area contributed by atoms with E-state index in [1.54, 1.807) is 0 Å². The summed E-state index contributed by atoms with van der Waals surface area (Å²) in [7, 11) is 1.35. The summed E-state index contributed by atoms with van der Waals surface area (Å²) in [6.07, 6.45) is 1.98. The maximum atomic E-state index is 11.8. The van der Waals surface area contributed by atoms with Crippen molar-refractivity contribution in [2.45, 2.75) is 37.6 Å². The summed E-state index contributed by atoms with van der Waals surface area (Å²) in [4.78, 5) is 11.7. The molecule has 2 atom stereocenters. The molecular formula is C11H14ClNO4S. The Kier molecular flexibility index (Phi) is 3.42. The van der Waals surface area contributed by atoms with Gasteiger partial charge in [0.2, 0.25) is 0 Å². The third-order valence-corrected chi connectivity index (χ3v) is 4.55. The van der Waals surface area contributed by atoms with Crippen molar-refractivity contribution in [3.63, 3.8) is 0 Å². The Bertz CT molecular complexity index is 578. The van der Waals surface area contributed by atoms with E-state index in [9.17, 15) is 13.2 Å². The molecule has 1 N–H and O–H groups in total. The molecule has 1 amide bonds. The van der Waals surface area contributed by atoms with E-state index in [4.69, 9.17) is 15.1 Å². The molecule has 7 heteroatoms. The Hall–Kier alpha value is -1.01. The summed E-state index contributed by atoms with van der Waals surface area (Å²) in [6, 6.07) is 1.33. The van der Waals surface area contributed by atoms with Gasteiger partial charge in [-0.1, -0.05) is 13.3 Å². The van der Waals surface area contributed by atoms with Gasteiger partial charge < -0.3 is 9.73 Å². The lowest BCUT2D eigenvalue weighted by Gasteiger charge is -2.00. The summed E-state index contributed by atoms with van der Waals surface area (Å²) < 4.78 is 27.5. The van der Waals surface area contributed by atoms with E-state index >= 15 is 0 Å². The molecule has 0 aromatic carbocycles. The quantitative estimate of drug-likeness (QED) is 0.861. The van der Waals surface area contributed by atoms with Gasteiger partial charge in [-0.2, -0.15) is 0 Å². The van der Waals surface area contributed by atoms with Crippen LogP contribution in [-0.4, -0.2) is 20.4 Å². The van der Waals surface area contributed by atoms with Crippen LogP contribution in [0.4, 0.5) is 0 Å². The Morgan fingerprint density at radius 3 is 2.72 bits per heavy atom. The van der Waals surface area contributed by atoms with Gasteiger partial charge in [0.1, 0.15) is 10.7 Å². The molecular weight excluding hydrogens is 278 g/mol. The molecule has 1 aromatic rings. The maximum absolute atomic E-state index is 11.8. The summed E-state index contributed by atoms with van der Waals surface area (Å²) in [5.41, 5.74) is 0. The fraction of sp³-hybridized carbons (Fsp3) is 0.545. The maximum Gasteiger partial charge on any atom is 0.287 e. The molecule has 0 saturated heterocycles. The van der Waals surface area contributed by atoms with Crippen molar-refractivity contribution in [3.8, 4) is 0 Å². The molecule has 0 spiro atoms. The fourth-order valence-electron chi connectivity index (χ4n) is 1.93. The Morgan fingerprint density at radius 2 is 2.28 bits per heavy atom. The van der Waals surface area contributed by atoms with E-state index in [0.29, 0.717) is 5.92 Å². The topological polar surface area (TPSA) is 76.4 Å². The predicted octanol–water partition coefficient (Wildman–Crippen LogP) is 2.04. The van der Waals surface area contributed by atoms with Gasteiger partial charge in [-0.15, -0.1) is 0 Å². The first kappa shape index (κ1) is 13.4. The normalized spacial score (nSPS) is 22.8. The number of rotatable bonds is 4. The van der Waals surface area contributed by atoms with Crippen LogP contribution in [0.2, 0.25) is 0 Å². The smallest absolute Gasteiger partial charge is 0.287 e. The number of furan rings is 1. The van der Waals surface area contributed by atoms with Crippen LogP contribution in [0.15, 0.2) is 15.4 Å². The number of amides is 1. The number of halogens is 1. The van der Waals surface area contributed by atoms with E-state index in [1.165, 1.54) is 6.92 Å². The van der Waals surface area contributed by atoms with Crippen molar-refractivity contribution in [1.82, 2.24) is 5.32 Å². The zero-order chi connectivity index (χ0) is 13.5. The van der Waals surface area contributed by atoms with Crippen molar-refractivity contribution in [3.05, 3.63) is 17.6 Å². The van der Waals surface area contributed by atoms with Crippen LogP contribution in [0.1, 0.15) is 36.1 Å². The number of nitrogens with one attached hydrogen (secondary N) is 1. The molecule has 1 aliphatic rings. The summed E-state index contributed by atoms with van der Waals surface area (Å²) in [5.74, 6) is 0.221. The summed E-state index contributed by atoms with van der Waals surface area (Å²) >= 11 is 0.